The Morgan fingerprint density at radius 2 is 2.29 bits per heavy atom. The fourth-order valence-corrected chi connectivity index (χ4v) is 3.03. The molecule has 0 aliphatic heterocycles. The molecule has 3 rings (SSSR count). The average molecular weight is 322 g/mol. The summed E-state index contributed by atoms with van der Waals surface area (Å²) < 4.78 is 5.46. The summed E-state index contributed by atoms with van der Waals surface area (Å²) in [7, 11) is 0. The van der Waals surface area contributed by atoms with E-state index in [1.165, 1.54) is 4.80 Å². The molecule has 0 amide bonds. The minimum atomic E-state index is -0.658. The minimum Gasteiger partial charge on any atom is -0.389 e. The number of aromatic nitrogens is 4. The molecular formula is C13H14N4O2S2. The highest BCUT2D eigenvalue weighted by Crippen LogP contribution is 2.16. The molecule has 1 atom stereocenters. The zero-order valence-corrected chi connectivity index (χ0v) is 12.8. The van der Waals surface area contributed by atoms with E-state index in [2.05, 4.69) is 15.4 Å². The summed E-state index contributed by atoms with van der Waals surface area (Å²) in [6.07, 6.45) is -0.658. The third-order valence-corrected chi connectivity index (χ3v) is 4.27. The molecule has 0 aromatic carbocycles. The molecule has 0 saturated heterocycles. The number of tetrazole rings is 1. The Kier molecular flexibility index (Phi) is 4.71. The van der Waals surface area contributed by atoms with Crippen molar-refractivity contribution in [2.75, 3.05) is 6.61 Å². The van der Waals surface area contributed by atoms with E-state index in [4.69, 9.17) is 4.74 Å². The number of rotatable bonds is 7. The lowest BCUT2D eigenvalue weighted by molar-refractivity contribution is 0.0174. The maximum atomic E-state index is 9.92. The number of aliphatic hydroxyl groups is 1. The van der Waals surface area contributed by atoms with Gasteiger partial charge in [-0.15, -0.1) is 21.5 Å². The van der Waals surface area contributed by atoms with Crippen molar-refractivity contribution in [3.63, 3.8) is 0 Å². The van der Waals surface area contributed by atoms with E-state index in [1.54, 1.807) is 22.7 Å². The van der Waals surface area contributed by atoms with Gasteiger partial charge < -0.3 is 9.84 Å². The molecule has 8 heteroatoms. The summed E-state index contributed by atoms with van der Waals surface area (Å²) in [5, 5.41) is 28.0. The highest BCUT2D eigenvalue weighted by molar-refractivity contribution is 7.09. The van der Waals surface area contributed by atoms with Gasteiger partial charge in [0, 0.05) is 15.8 Å². The summed E-state index contributed by atoms with van der Waals surface area (Å²) in [5.74, 6) is 0.572. The van der Waals surface area contributed by atoms with Crippen molar-refractivity contribution in [2.24, 2.45) is 0 Å². The van der Waals surface area contributed by atoms with Crippen LogP contribution in [0.15, 0.2) is 34.3 Å². The second-order valence-corrected chi connectivity index (χ2v) is 6.24. The van der Waals surface area contributed by atoms with E-state index < -0.39 is 6.10 Å². The first-order chi connectivity index (χ1) is 10.3. The van der Waals surface area contributed by atoms with Gasteiger partial charge in [-0.2, -0.15) is 16.1 Å². The third kappa shape index (κ3) is 3.94. The highest BCUT2D eigenvalue weighted by Gasteiger charge is 2.11. The molecule has 3 aromatic rings. The van der Waals surface area contributed by atoms with Crippen LogP contribution >= 0.6 is 22.7 Å². The fraction of sp³-hybridized carbons (Fsp3) is 0.308. The predicted molar refractivity (Wildman–Crippen MR) is 81.1 cm³/mol. The SMILES string of the molecule is OC(COCc1cccs1)Cn1nnc(-c2ccsc2)n1. The third-order valence-electron chi connectivity index (χ3n) is 2.74. The van der Waals surface area contributed by atoms with Gasteiger partial charge in [-0.05, 0) is 28.1 Å². The van der Waals surface area contributed by atoms with E-state index in [1.807, 2.05) is 34.3 Å². The van der Waals surface area contributed by atoms with E-state index in [0.29, 0.717) is 12.4 Å². The van der Waals surface area contributed by atoms with Crippen molar-refractivity contribution in [1.29, 1.82) is 0 Å². The average Bonchev–Trinajstić information content (AvgIpc) is 3.21. The number of ether oxygens (including phenoxy) is 1. The number of hydrogen-bond donors (Lipinski definition) is 1. The molecule has 0 fully saturated rings. The van der Waals surface area contributed by atoms with Gasteiger partial charge in [-0.25, -0.2) is 0 Å². The van der Waals surface area contributed by atoms with Crippen LogP contribution < -0.4 is 0 Å². The lowest BCUT2D eigenvalue weighted by Crippen LogP contribution is -2.23. The molecule has 0 spiro atoms. The first-order valence-electron chi connectivity index (χ1n) is 6.40. The largest absolute Gasteiger partial charge is 0.389 e. The number of thiophene rings is 2. The van der Waals surface area contributed by atoms with Crippen LogP contribution in [-0.2, 0) is 17.9 Å². The smallest absolute Gasteiger partial charge is 0.205 e. The first kappa shape index (κ1) is 14.3. The first-order valence-corrected chi connectivity index (χ1v) is 8.22. The van der Waals surface area contributed by atoms with Crippen molar-refractivity contribution in [3.05, 3.63) is 39.2 Å². The van der Waals surface area contributed by atoms with Crippen LogP contribution in [0.1, 0.15) is 4.88 Å². The van der Waals surface area contributed by atoms with Crippen LogP contribution in [0.25, 0.3) is 11.4 Å². The van der Waals surface area contributed by atoms with Gasteiger partial charge in [0.15, 0.2) is 0 Å². The van der Waals surface area contributed by atoms with Crippen LogP contribution in [0.2, 0.25) is 0 Å². The van der Waals surface area contributed by atoms with Crippen molar-refractivity contribution < 1.29 is 9.84 Å². The van der Waals surface area contributed by atoms with Gasteiger partial charge in [-0.3, -0.25) is 0 Å². The Balaban J connectivity index is 1.47. The molecule has 3 heterocycles. The summed E-state index contributed by atoms with van der Waals surface area (Å²) in [4.78, 5) is 2.53. The Bertz CT molecular complexity index is 652. The highest BCUT2D eigenvalue weighted by atomic mass is 32.1. The lowest BCUT2D eigenvalue weighted by Gasteiger charge is -2.09. The van der Waals surface area contributed by atoms with E-state index in [-0.39, 0.29) is 13.2 Å². The van der Waals surface area contributed by atoms with Crippen LogP contribution in [0.4, 0.5) is 0 Å². The van der Waals surface area contributed by atoms with Crippen molar-refractivity contribution in [2.45, 2.75) is 19.3 Å². The normalized spacial score (nSPS) is 12.6. The van der Waals surface area contributed by atoms with Gasteiger partial charge in [-0.1, -0.05) is 6.07 Å². The Morgan fingerprint density at radius 1 is 1.33 bits per heavy atom. The van der Waals surface area contributed by atoms with E-state index in [9.17, 15) is 5.11 Å². The van der Waals surface area contributed by atoms with Crippen LogP contribution in [0, 0.1) is 0 Å². The Hall–Kier alpha value is -1.61. The van der Waals surface area contributed by atoms with Crippen LogP contribution in [-0.4, -0.2) is 38.0 Å². The maximum Gasteiger partial charge on any atom is 0.205 e. The molecule has 0 aliphatic rings. The maximum absolute atomic E-state index is 9.92. The summed E-state index contributed by atoms with van der Waals surface area (Å²) in [5.41, 5.74) is 0.940. The summed E-state index contributed by atoms with van der Waals surface area (Å²) in [6, 6.07) is 5.92. The summed E-state index contributed by atoms with van der Waals surface area (Å²) >= 11 is 3.22. The Labute approximate surface area is 129 Å². The van der Waals surface area contributed by atoms with Gasteiger partial charge in [0.1, 0.15) is 0 Å². The Morgan fingerprint density at radius 3 is 3.05 bits per heavy atom. The molecule has 0 radical (unpaired) electrons. The molecule has 1 unspecified atom stereocenters. The van der Waals surface area contributed by atoms with Crippen molar-refractivity contribution in [3.8, 4) is 11.4 Å². The molecule has 0 bridgehead atoms. The fourth-order valence-electron chi connectivity index (χ4n) is 1.76. The summed E-state index contributed by atoms with van der Waals surface area (Å²) in [6.45, 7) is 1.02. The minimum absolute atomic E-state index is 0.243. The predicted octanol–water partition coefficient (Wildman–Crippen LogP) is 2.04. The molecular weight excluding hydrogens is 308 g/mol. The van der Waals surface area contributed by atoms with Crippen LogP contribution in [0.3, 0.4) is 0 Å². The second-order valence-electron chi connectivity index (χ2n) is 4.43. The monoisotopic (exact) mass is 322 g/mol. The molecule has 0 aliphatic carbocycles. The van der Waals surface area contributed by atoms with Crippen LogP contribution in [0.5, 0.6) is 0 Å². The van der Waals surface area contributed by atoms with Gasteiger partial charge >= 0.3 is 0 Å². The molecule has 6 nitrogen and oxygen atoms in total. The van der Waals surface area contributed by atoms with E-state index in [0.717, 1.165) is 10.4 Å². The van der Waals surface area contributed by atoms with Gasteiger partial charge in [0.25, 0.3) is 0 Å². The zero-order valence-electron chi connectivity index (χ0n) is 11.1. The molecule has 3 aromatic heterocycles. The number of nitrogens with zero attached hydrogens (tertiary/aromatic N) is 4. The molecule has 0 saturated carbocycles. The van der Waals surface area contributed by atoms with Gasteiger partial charge in [0.2, 0.25) is 5.82 Å². The van der Waals surface area contributed by atoms with Crippen molar-refractivity contribution in [1.82, 2.24) is 20.2 Å². The number of aliphatic hydroxyl groups excluding tert-OH is 1. The topological polar surface area (TPSA) is 73.1 Å². The van der Waals surface area contributed by atoms with Crippen molar-refractivity contribution >= 4 is 22.7 Å². The zero-order chi connectivity index (χ0) is 14.5. The molecule has 110 valence electrons. The quantitative estimate of drug-likeness (QED) is 0.720. The molecule has 1 N–H and O–H groups in total. The standard InChI is InChI=1S/C13H14N4O2S2/c18-11(7-19-8-12-2-1-4-21-12)6-17-15-13(14-16-17)10-3-5-20-9-10/h1-5,9,11,18H,6-8H2. The number of hydrogen-bond acceptors (Lipinski definition) is 7. The lowest BCUT2D eigenvalue weighted by atomic mass is 10.3. The second kappa shape index (κ2) is 6.90. The van der Waals surface area contributed by atoms with Gasteiger partial charge in [0.05, 0.1) is 25.9 Å². The van der Waals surface area contributed by atoms with E-state index >= 15 is 0 Å². The molecule has 21 heavy (non-hydrogen) atoms.